The quantitative estimate of drug-likeness (QED) is 0.623. The summed E-state index contributed by atoms with van der Waals surface area (Å²) in [6, 6.07) is 8.66. The van der Waals surface area contributed by atoms with E-state index >= 15 is 0 Å². The van der Waals surface area contributed by atoms with Crippen molar-refractivity contribution in [3.05, 3.63) is 42.0 Å². The molecule has 0 bridgehead atoms. The fourth-order valence-electron chi connectivity index (χ4n) is 1.74. The van der Waals surface area contributed by atoms with Gasteiger partial charge in [0.05, 0.1) is 5.75 Å². The van der Waals surface area contributed by atoms with Gasteiger partial charge < -0.3 is 9.88 Å². The molecule has 0 aliphatic heterocycles. The smallest absolute Gasteiger partial charge is 0.142 e. The lowest BCUT2D eigenvalue weighted by atomic mass is 10.2. The van der Waals surface area contributed by atoms with Gasteiger partial charge in [0.15, 0.2) is 0 Å². The van der Waals surface area contributed by atoms with Gasteiger partial charge in [0.25, 0.3) is 0 Å². The number of benzene rings is 1. The summed E-state index contributed by atoms with van der Waals surface area (Å²) < 4.78 is 1.96. The molecule has 0 saturated carbocycles. The Kier molecular flexibility index (Phi) is 5.42. The molecular weight excluding hydrogens is 256 g/mol. The van der Waals surface area contributed by atoms with Crippen LogP contribution in [0.2, 0.25) is 0 Å². The van der Waals surface area contributed by atoms with E-state index in [0.29, 0.717) is 0 Å². The van der Waals surface area contributed by atoms with Crippen molar-refractivity contribution in [2.75, 3.05) is 6.54 Å². The summed E-state index contributed by atoms with van der Waals surface area (Å²) in [4.78, 5) is 1.28. The molecular formula is C14H20N4S. The minimum atomic E-state index is 0.850. The van der Waals surface area contributed by atoms with Crippen molar-refractivity contribution in [1.29, 1.82) is 0 Å². The van der Waals surface area contributed by atoms with Crippen LogP contribution < -0.4 is 5.32 Å². The first-order valence-corrected chi connectivity index (χ1v) is 7.53. The minimum Gasteiger partial charge on any atom is -0.320 e. The summed E-state index contributed by atoms with van der Waals surface area (Å²) >= 11 is 1.79. The standard InChI is InChI=1S/C14H20N4S/c1-3-7-15-9-12-5-4-6-13(8-12)19-10-14-17-16-11-18(14)2/h4-6,8,11,15H,3,7,9-10H2,1-2H3. The molecule has 2 rings (SSSR count). The van der Waals surface area contributed by atoms with Gasteiger partial charge in [-0.15, -0.1) is 22.0 Å². The number of thioether (sulfide) groups is 1. The number of rotatable bonds is 7. The van der Waals surface area contributed by atoms with Gasteiger partial charge in [-0.25, -0.2) is 0 Å². The number of hydrogen-bond donors (Lipinski definition) is 1. The molecule has 0 aliphatic carbocycles. The molecule has 1 N–H and O–H groups in total. The summed E-state index contributed by atoms with van der Waals surface area (Å²) in [6.07, 6.45) is 2.90. The molecule has 1 aromatic heterocycles. The number of hydrogen-bond acceptors (Lipinski definition) is 4. The Bertz CT molecular complexity index is 510. The number of aromatic nitrogens is 3. The fraction of sp³-hybridized carbons (Fsp3) is 0.429. The number of aryl methyl sites for hydroxylation is 1. The molecule has 5 heteroatoms. The lowest BCUT2D eigenvalue weighted by Gasteiger charge is -2.06. The summed E-state index contributed by atoms with van der Waals surface area (Å²) in [5.41, 5.74) is 1.33. The highest BCUT2D eigenvalue weighted by Gasteiger charge is 2.02. The van der Waals surface area contributed by atoms with E-state index in [1.165, 1.54) is 16.9 Å². The Morgan fingerprint density at radius 1 is 1.37 bits per heavy atom. The number of nitrogens with one attached hydrogen (secondary N) is 1. The van der Waals surface area contributed by atoms with E-state index in [1.807, 2.05) is 11.6 Å². The van der Waals surface area contributed by atoms with Gasteiger partial charge in [-0.3, -0.25) is 0 Å². The third-order valence-corrected chi connectivity index (χ3v) is 3.82. The van der Waals surface area contributed by atoms with Gasteiger partial charge in [0, 0.05) is 18.5 Å². The van der Waals surface area contributed by atoms with Gasteiger partial charge in [0.2, 0.25) is 0 Å². The maximum absolute atomic E-state index is 4.09. The predicted molar refractivity (Wildman–Crippen MR) is 79.0 cm³/mol. The molecule has 1 heterocycles. The van der Waals surface area contributed by atoms with Crippen molar-refractivity contribution in [3.63, 3.8) is 0 Å². The van der Waals surface area contributed by atoms with E-state index in [9.17, 15) is 0 Å². The van der Waals surface area contributed by atoms with Crippen molar-refractivity contribution in [3.8, 4) is 0 Å². The van der Waals surface area contributed by atoms with E-state index in [4.69, 9.17) is 0 Å². The molecule has 0 amide bonds. The maximum Gasteiger partial charge on any atom is 0.142 e. The van der Waals surface area contributed by atoms with Crippen molar-refractivity contribution >= 4 is 11.8 Å². The van der Waals surface area contributed by atoms with Gasteiger partial charge >= 0.3 is 0 Å². The molecule has 4 nitrogen and oxygen atoms in total. The van der Waals surface area contributed by atoms with E-state index < -0.39 is 0 Å². The van der Waals surface area contributed by atoms with E-state index in [0.717, 1.165) is 24.7 Å². The Labute approximate surface area is 118 Å². The molecule has 0 saturated heterocycles. The highest BCUT2D eigenvalue weighted by atomic mass is 32.2. The molecule has 1 aromatic carbocycles. The second-order valence-electron chi connectivity index (χ2n) is 4.47. The van der Waals surface area contributed by atoms with Crippen LogP contribution in [0, 0.1) is 0 Å². The molecule has 0 unspecified atom stereocenters. The van der Waals surface area contributed by atoms with Gasteiger partial charge in [-0.1, -0.05) is 19.1 Å². The van der Waals surface area contributed by atoms with Crippen LogP contribution in [0.25, 0.3) is 0 Å². The summed E-state index contributed by atoms with van der Waals surface area (Å²) in [7, 11) is 1.97. The van der Waals surface area contributed by atoms with Crippen LogP contribution in [0.15, 0.2) is 35.5 Å². The van der Waals surface area contributed by atoms with Gasteiger partial charge in [-0.2, -0.15) is 0 Å². The molecule has 0 aliphatic rings. The Balaban J connectivity index is 1.90. The van der Waals surface area contributed by atoms with Gasteiger partial charge in [-0.05, 0) is 30.7 Å². The predicted octanol–water partition coefficient (Wildman–Crippen LogP) is 2.61. The Morgan fingerprint density at radius 2 is 2.26 bits per heavy atom. The maximum atomic E-state index is 4.09. The largest absolute Gasteiger partial charge is 0.320 e. The average Bonchev–Trinajstić information content (AvgIpc) is 2.83. The van der Waals surface area contributed by atoms with Crippen LogP contribution in [-0.2, 0) is 19.3 Å². The molecule has 0 atom stereocenters. The third-order valence-electron chi connectivity index (χ3n) is 2.83. The highest BCUT2D eigenvalue weighted by molar-refractivity contribution is 7.98. The summed E-state index contributed by atoms with van der Waals surface area (Å²) in [6.45, 7) is 4.18. The normalized spacial score (nSPS) is 10.8. The van der Waals surface area contributed by atoms with Crippen molar-refractivity contribution in [2.24, 2.45) is 7.05 Å². The van der Waals surface area contributed by atoms with Crippen molar-refractivity contribution in [2.45, 2.75) is 30.5 Å². The molecule has 0 fully saturated rings. The first-order chi connectivity index (χ1) is 9.29. The molecule has 0 spiro atoms. The summed E-state index contributed by atoms with van der Waals surface area (Å²) in [5.74, 6) is 1.85. The minimum absolute atomic E-state index is 0.850. The average molecular weight is 276 g/mol. The second-order valence-corrected chi connectivity index (χ2v) is 5.52. The van der Waals surface area contributed by atoms with Crippen LogP contribution in [-0.4, -0.2) is 21.3 Å². The van der Waals surface area contributed by atoms with Crippen LogP contribution in [0.3, 0.4) is 0 Å². The monoisotopic (exact) mass is 276 g/mol. The van der Waals surface area contributed by atoms with Crippen LogP contribution in [0.1, 0.15) is 24.7 Å². The van der Waals surface area contributed by atoms with Crippen LogP contribution >= 0.6 is 11.8 Å². The second kappa shape index (κ2) is 7.31. The SMILES string of the molecule is CCCNCc1cccc(SCc2nncn2C)c1. The lowest BCUT2D eigenvalue weighted by Crippen LogP contribution is -2.13. The van der Waals surface area contributed by atoms with E-state index in [-0.39, 0.29) is 0 Å². The first kappa shape index (κ1) is 14.1. The number of nitrogens with zero attached hydrogens (tertiary/aromatic N) is 3. The third kappa shape index (κ3) is 4.36. The van der Waals surface area contributed by atoms with Crippen LogP contribution in [0.4, 0.5) is 0 Å². The zero-order valence-corrected chi connectivity index (χ0v) is 12.3. The fourth-order valence-corrected chi connectivity index (χ4v) is 2.71. The summed E-state index contributed by atoms with van der Waals surface area (Å²) in [5, 5.41) is 11.4. The Morgan fingerprint density at radius 3 is 3.00 bits per heavy atom. The molecule has 19 heavy (non-hydrogen) atoms. The topological polar surface area (TPSA) is 42.7 Å². The van der Waals surface area contributed by atoms with E-state index in [1.54, 1.807) is 18.1 Å². The van der Waals surface area contributed by atoms with E-state index in [2.05, 4.69) is 46.7 Å². The first-order valence-electron chi connectivity index (χ1n) is 6.55. The molecule has 2 aromatic rings. The zero-order chi connectivity index (χ0) is 13.5. The molecule has 0 radical (unpaired) electrons. The van der Waals surface area contributed by atoms with Gasteiger partial charge in [0.1, 0.15) is 12.2 Å². The van der Waals surface area contributed by atoms with Crippen LogP contribution in [0.5, 0.6) is 0 Å². The molecule has 102 valence electrons. The Hall–Kier alpha value is -1.33. The van der Waals surface area contributed by atoms with Crippen molar-refractivity contribution in [1.82, 2.24) is 20.1 Å². The highest BCUT2D eigenvalue weighted by Crippen LogP contribution is 2.22. The lowest BCUT2D eigenvalue weighted by molar-refractivity contribution is 0.674. The van der Waals surface area contributed by atoms with Crippen molar-refractivity contribution < 1.29 is 0 Å². The zero-order valence-electron chi connectivity index (χ0n) is 11.5.